The zero-order valence-corrected chi connectivity index (χ0v) is 11.9. The standard InChI is InChI=1S/C13H18F3N5O/c14-13(15,16)10-2-1-3-18-11(10)19-4-5-20-12(17)21-6-8-22-9-7-21/h1-3H,4-9H2,(H2,17,20)(H,18,19). The lowest BCUT2D eigenvalue weighted by molar-refractivity contribution is -0.137. The number of pyridine rings is 1. The summed E-state index contributed by atoms with van der Waals surface area (Å²) in [6.07, 6.45) is -3.13. The van der Waals surface area contributed by atoms with E-state index in [1.54, 1.807) is 0 Å². The van der Waals surface area contributed by atoms with Crippen LogP contribution in [0.1, 0.15) is 5.56 Å². The molecule has 1 fully saturated rings. The molecule has 0 aliphatic carbocycles. The molecule has 1 aromatic rings. The van der Waals surface area contributed by atoms with Gasteiger partial charge in [0.25, 0.3) is 0 Å². The lowest BCUT2D eigenvalue weighted by Crippen LogP contribution is -2.45. The highest BCUT2D eigenvalue weighted by atomic mass is 19.4. The molecule has 0 radical (unpaired) electrons. The molecule has 1 aliphatic heterocycles. The lowest BCUT2D eigenvalue weighted by atomic mass is 10.2. The summed E-state index contributed by atoms with van der Waals surface area (Å²) in [5, 5.41) is 2.64. The van der Waals surface area contributed by atoms with E-state index in [-0.39, 0.29) is 18.9 Å². The highest BCUT2D eigenvalue weighted by Crippen LogP contribution is 2.33. The van der Waals surface area contributed by atoms with Crippen LogP contribution < -0.4 is 11.1 Å². The summed E-state index contributed by atoms with van der Waals surface area (Å²) in [4.78, 5) is 9.74. The second-order valence-electron chi connectivity index (χ2n) is 4.66. The molecule has 1 aromatic heterocycles. The van der Waals surface area contributed by atoms with Gasteiger partial charge < -0.3 is 20.7 Å². The second kappa shape index (κ2) is 7.30. The van der Waals surface area contributed by atoms with Gasteiger partial charge in [-0.25, -0.2) is 4.98 Å². The number of hydrogen-bond donors (Lipinski definition) is 2. The van der Waals surface area contributed by atoms with Crippen molar-refractivity contribution in [2.45, 2.75) is 6.18 Å². The molecule has 2 heterocycles. The Balaban J connectivity index is 1.86. The summed E-state index contributed by atoms with van der Waals surface area (Å²) in [5.41, 5.74) is 5.03. The van der Waals surface area contributed by atoms with Crippen LogP contribution in [0.3, 0.4) is 0 Å². The lowest BCUT2D eigenvalue weighted by Gasteiger charge is -2.27. The van der Waals surface area contributed by atoms with E-state index in [9.17, 15) is 13.2 Å². The molecule has 9 heteroatoms. The van der Waals surface area contributed by atoms with Gasteiger partial charge in [0.1, 0.15) is 5.82 Å². The molecule has 0 saturated carbocycles. The molecule has 1 aliphatic rings. The predicted molar refractivity (Wildman–Crippen MR) is 76.6 cm³/mol. The number of morpholine rings is 1. The summed E-state index contributed by atoms with van der Waals surface area (Å²) in [5.74, 6) is 0.178. The van der Waals surface area contributed by atoms with E-state index in [1.807, 2.05) is 4.90 Å². The fourth-order valence-corrected chi connectivity index (χ4v) is 2.01. The summed E-state index contributed by atoms with van der Waals surface area (Å²) >= 11 is 0. The number of guanidine groups is 1. The van der Waals surface area contributed by atoms with Gasteiger partial charge >= 0.3 is 6.18 Å². The molecule has 0 unspecified atom stereocenters. The molecule has 0 amide bonds. The molecule has 1 saturated heterocycles. The number of alkyl halides is 3. The Hall–Kier alpha value is -2.03. The first-order chi connectivity index (χ1) is 10.5. The van der Waals surface area contributed by atoms with E-state index in [0.717, 1.165) is 6.07 Å². The van der Waals surface area contributed by atoms with Crippen LogP contribution in [0.2, 0.25) is 0 Å². The minimum atomic E-state index is -4.44. The topological polar surface area (TPSA) is 75.8 Å². The first-order valence-corrected chi connectivity index (χ1v) is 6.87. The Morgan fingerprint density at radius 1 is 1.41 bits per heavy atom. The quantitative estimate of drug-likeness (QED) is 0.495. The van der Waals surface area contributed by atoms with Gasteiger partial charge in [-0.05, 0) is 12.1 Å². The Morgan fingerprint density at radius 2 is 2.14 bits per heavy atom. The molecule has 3 N–H and O–H groups in total. The summed E-state index contributed by atoms with van der Waals surface area (Å²) in [6, 6.07) is 2.24. The average Bonchev–Trinajstić information content (AvgIpc) is 2.51. The van der Waals surface area contributed by atoms with Gasteiger partial charge in [-0.3, -0.25) is 4.99 Å². The number of nitrogens with two attached hydrogens (primary N) is 1. The van der Waals surface area contributed by atoms with E-state index in [2.05, 4.69) is 15.3 Å². The molecule has 0 aromatic carbocycles. The van der Waals surface area contributed by atoms with E-state index in [1.165, 1.54) is 12.3 Å². The number of halogens is 3. The molecule has 0 atom stereocenters. The second-order valence-corrected chi connectivity index (χ2v) is 4.66. The van der Waals surface area contributed by atoms with Gasteiger partial charge in [0.05, 0.1) is 25.3 Å². The molecule has 0 bridgehead atoms. The van der Waals surface area contributed by atoms with E-state index in [4.69, 9.17) is 10.5 Å². The molecular formula is C13H18F3N5O. The van der Waals surface area contributed by atoms with Crippen LogP contribution in [0, 0.1) is 0 Å². The van der Waals surface area contributed by atoms with Gasteiger partial charge in [0.15, 0.2) is 5.96 Å². The SMILES string of the molecule is NC(=NCCNc1ncccc1C(F)(F)F)N1CCOCC1. The van der Waals surface area contributed by atoms with Crippen molar-refractivity contribution in [1.29, 1.82) is 0 Å². The number of ether oxygens (including phenoxy) is 1. The average molecular weight is 317 g/mol. The van der Waals surface area contributed by atoms with Crippen molar-refractivity contribution in [3.05, 3.63) is 23.9 Å². The van der Waals surface area contributed by atoms with Gasteiger partial charge in [-0.15, -0.1) is 0 Å². The maximum absolute atomic E-state index is 12.8. The summed E-state index contributed by atoms with van der Waals surface area (Å²) in [6.45, 7) is 3.00. The minimum absolute atomic E-state index is 0.199. The first kappa shape index (κ1) is 16.3. The number of nitrogens with zero attached hydrogens (tertiary/aromatic N) is 3. The number of hydrogen-bond acceptors (Lipinski definition) is 4. The van der Waals surface area contributed by atoms with Crippen LogP contribution in [-0.4, -0.2) is 55.2 Å². The Bertz CT molecular complexity index is 515. The van der Waals surface area contributed by atoms with Crippen molar-refractivity contribution in [1.82, 2.24) is 9.88 Å². The van der Waals surface area contributed by atoms with E-state index in [0.29, 0.717) is 32.3 Å². The van der Waals surface area contributed by atoms with Gasteiger partial charge in [0, 0.05) is 25.8 Å². The smallest absolute Gasteiger partial charge is 0.378 e. The van der Waals surface area contributed by atoms with E-state index < -0.39 is 11.7 Å². The van der Waals surface area contributed by atoms with Gasteiger partial charge in [-0.2, -0.15) is 13.2 Å². The highest BCUT2D eigenvalue weighted by molar-refractivity contribution is 5.78. The van der Waals surface area contributed by atoms with Gasteiger partial charge in [-0.1, -0.05) is 0 Å². The fraction of sp³-hybridized carbons (Fsp3) is 0.538. The zero-order valence-electron chi connectivity index (χ0n) is 11.9. The third-order valence-electron chi connectivity index (χ3n) is 3.13. The summed E-state index contributed by atoms with van der Waals surface area (Å²) < 4.78 is 43.5. The number of nitrogens with one attached hydrogen (secondary N) is 1. The predicted octanol–water partition coefficient (Wildman–Crippen LogP) is 1.16. The fourth-order valence-electron chi connectivity index (χ4n) is 2.01. The number of anilines is 1. The van der Waals surface area contributed by atoms with Crippen LogP contribution in [0.25, 0.3) is 0 Å². The first-order valence-electron chi connectivity index (χ1n) is 6.87. The van der Waals surface area contributed by atoms with Crippen molar-refractivity contribution in [3.8, 4) is 0 Å². The van der Waals surface area contributed by atoms with Crippen molar-refractivity contribution < 1.29 is 17.9 Å². The number of aliphatic imine (C=N–C) groups is 1. The summed E-state index contributed by atoms with van der Waals surface area (Å²) in [7, 11) is 0. The third kappa shape index (κ3) is 4.48. The largest absolute Gasteiger partial charge is 0.419 e. The van der Waals surface area contributed by atoms with Crippen LogP contribution in [0.4, 0.5) is 19.0 Å². The molecule has 6 nitrogen and oxygen atoms in total. The molecule has 0 spiro atoms. The molecule has 2 rings (SSSR count). The molecule has 122 valence electrons. The number of aromatic nitrogens is 1. The normalized spacial score (nSPS) is 16.7. The monoisotopic (exact) mass is 317 g/mol. The van der Waals surface area contributed by atoms with Crippen molar-refractivity contribution in [2.24, 2.45) is 10.7 Å². The third-order valence-corrected chi connectivity index (χ3v) is 3.13. The van der Waals surface area contributed by atoms with Crippen molar-refractivity contribution in [2.75, 3.05) is 44.7 Å². The Morgan fingerprint density at radius 3 is 2.82 bits per heavy atom. The van der Waals surface area contributed by atoms with E-state index >= 15 is 0 Å². The molecular weight excluding hydrogens is 299 g/mol. The molecule has 22 heavy (non-hydrogen) atoms. The zero-order chi connectivity index (χ0) is 16.0. The minimum Gasteiger partial charge on any atom is -0.378 e. The number of rotatable bonds is 4. The highest BCUT2D eigenvalue weighted by Gasteiger charge is 2.33. The van der Waals surface area contributed by atoms with Crippen molar-refractivity contribution in [3.63, 3.8) is 0 Å². The maximum atomic E-state index is 12.8. The van der Waals surface area contributed by atoms with Crippen LogP contribution in [0.15, 0.2) is 23.3 Å². The van der Waals surface area contributed by atoms with Crippen molar-refractivity contribution >= 4 is 11.8 Å². The maximum Gasteiger partial charge on any atom is 0.419 e. The van der Waals surface area contributed by atoms with Crippen LogP contribution in [0.5, 0.6) is 0 Å². The van der Waals surface area contributed by atoms with Crippen LogP contribution in [-0.2, 0) is 10.9 Å². The Kier molecular flexibility index (Phi) is 5.42. The Labute approximate surface area is 126 Å². The van der Waals surface area contributed by atoms with Gasteiger partial charge in [0.2, 0.25) is 0 Å². The van der Waals surface area contributed by atoms with Crippen LogP contribution >= 0.6 is 0 Å².